The molecule has 1 aromatic heterocycles. The van der Waals surface area contributed by atoms with E-state index in [1.807, 2.05) is 6.07 Å². The molecule has 1 fully saturated rings. The van der Waals surface area contributed by atoms with E-state index in [9.17, 15) is 4.79 Å². The second kappa shape index (κ2) is 3.98. The lowest BCUT2D eigenvalue weighted by atomic mass is 10.2. The monoisotopic (exact) mass is 197 g/mol. The van der Waals surface area contributed by atoms with Crippen LogP contribution in [0.15, 0.2) is 18.3 Å². The highest BCUT2D eigenvalue weighted by atomic mass is 32.2. The van der Waals surface area contributed by atoms with Gasteiger partial charge < -0.3 is 9.72 Å². The molecule has 0 amide bonds. The lowest BCUT2D eigenvalue weighted by Crippen LogP contribution is -2.31. The van der Waals surface area contributed by atoms with Crippen molar-refractivity contribution in [3.05, 3.63) is 24.0 Å². The summed E-state index contributed by atoms with van der Waals surface area (Å²) in [7, 11) is 0. The van der Waals surface area contributed by atoms with Gasteiger partial charge >= 0.3 is 0 Å². The number of aromatic amines is 1. The summed E-state index contributed by atoms with van der Waals surface area (Å²) in [6.07, 6.45) is 1.50. The molecule has 1 aliphatic heterocycles. The third-order valence-electron chi connectivity index (χ3n) is 1.97. The van der Waals surface area contributed by atoms with E-state index in [0.717, 1.165) is 11.5 Å². The molecule has 0 saturated carbocycles. The average Bonchev–Trinajstić information content (AvgIpc) is 2.71. The number of ketones is 1. The molecule has 1 unspecified atom stereocenters. The number of nitrogens with one attached hydrogen (secondary N) is 1. The van der Waals surface area contributed by atoms with Crippen LogP contribution in [0.25, 0.3) is 0 Å². The van der Waals surface area contributed by atoms with Crippen molar-refractivity contribution in [3.8, 4) is 0 Å². The fraction of sp³-hybridized carbons (Fsp3) is 0.444. The minimum Gasteiger partial charge on any atom is -0.368 e. The first-order chi connectivity index (χ1) is 6.38. The van der Waals surface area contributed by atoms with Crippen LogP contribution in [0.1, 0.15) is 10.5 Å². The molecule has 1 aromatic rings. The van der Waals surface area contributed by atoms with E-state index in [0.29, 0.717) is 12.3 Å². The fourth-order valence-electron chi connectivity index (χ4n) is 1.30. The second-order valence-corrected chi connectivity index (χ2v) is 4.03. The zero-order valence-corrected chi connectivity index (χ0v) is 7.97. The average molecular weight is 197 g/mol. The molecule has 70 valence electrons. The molecule has 2 rings (SSSR count). The molecule has 1 saturated heterocycles. The van der Waals surface area contributed by atoms with Crippen molar-refractivity contribution in [3.63, 3.8) is 0 Å². The molecule has 0 radical (unpaired) electrons. The van der Waals surface area contributed by atoms with Crippen molar-refractivity contribution in [2.75, 3.05) is 18.1 Å². The maximum absolute atomic E-state index is 11.7. The third kappa shape index (κ3) is 1.95. The highest BCUT2D eigenvalue weighted by Gasteiger charge is 2.23. The molecule has 4 heteroatoms. The number of ether oxygens (including phenoxy) is 1. The summed E-state index contributed by atoms with van der Waals surface area (Å²) in [5.41, 5.74) is 0.646. The molecule has 1 N–H and O–H groups in total. The standard InChI is InChI=1S/C9H11NO2S/c11-9(7-2-1-3-10-7)8-6-13-5-4-12-8/h1-3,8,10H,4-6H2. The van der Waals surface area contributed by atoms with E-state index in [1.54, 1.807) is 24.0 Å². The van der Waals surface area contributed by atoms with Crippen LogP contribution in [0.3, 0.4) is 0 Å². The lowest BCUT2D eigenvalue weighted by Gasteiger charge is -2.20. The Kier molecular flexibility index (Phi) is 2.71. The van der Waals surface area contributed by atoms with Gasteiger partial charge in [0.2, 0.25) is 5.78 Å². The van der Waals surface area contributed by atoms with Gasteiger partial charge in [-0.3, -0.25) is 4.79 Å². The van der Waals surface area contributed by atoms with Gasteiger partial charge in [-0.05, 0) is 12.1 Å². The predicted molar refractivity (Wildman–Crippen MR) is 52.2 cm³/mol. The molecular formula is C9H11NO2S. The van der Waals surface area contributed by atoms with E-state index in [4.69, 9.17) is 4.74 Å². The topological polar surface area (TPSA) is 42.1 Å². The van der Waals surface area contributed by atoms with Gasteiger partial charge in [0.1, 0.15) is 6.10 Å². The molecular weight excluding hydrogens is 186 g/mol. The number of hydrogen-bond donors (Lipinski definition) is 1. The van der Waals surface area contributed by atoms with Gasteiger partial charge in [-0.1, -0.05) is 0 Å². The van der Waals surface area contributed by atoms with Crippen LogP contribution in [0, 0.1) is 0 Å². The zero-order chi connectivity index (χ0) is 9.10. The number of rotatable bonds is 2. The Morgan fingerprint density at radius 1 is 1.69 bits per heavy atom. The van der Waals surface area contributed by atoms with Gasteiger partial charge in [0.25, 0.3) is 0 Å². The molecule has 1 aliphatic rings. The van der Waals surface area contributed by atoms with Gasteiger partial charge in [-0.15, -0.1) is 0 Å². The van der Waals surface area contributed by atoms with Crippen molar-refractivity contribution in [2.45, 2.75) is 6.10 Å². The Morgan fingerprint density at radius 2 is 2.62 bits per heavy atom. The SMILES string of the molecule is O=C(c1ccc[nH]1)C1CSCCO1. The van der Waals surface area contributed by atoms with E-state index in [-0.39, 0.29) is 11.9 Å². The molecule has 0 spiro atoms. The number of aromatic nitrogens is 1. The Balaban J connectivity index is 2.04. The first kappa shape index (κ1) is 8.84. The summed E-state index contributed by atoms with van der Waals surface area (Å²) < 4.78 is 5.37. The molecule has 2 heterocycles. The first-order valence-corrected chi connectivity index (χ1v) is 5.40. The minimum absolute atomic E-state index is 0.0669. The first-order valence-electron chi connectivity index (χ1n) is 4.25. The quantitative estimate of drug-likeness (QED) is 0.727. The van der Waals surface area contributed by atoms with E-state index < -0.39 is 0 Å². The maximum atomic E-state index is 11.7. The van der Waals surface area contributed by atoms with Gasteiger partial charge in [0, 0.05) is 17.7 Å². The maximum Gasteiger partial charge on any atom is 0.208 e. The summed E-state index contributed by atoms with van der Waals surface area (Å²) in [5, 5.41) is 0. The van der Waals surface area contributed by atoms with Crippen LogP contribution in [-0.4, -0.2) is 35.0 Å². The largest absolute Gasteiger partial charge is 0.368 e. The number of H-pyrrole nitrogens is 1. The van der Waals surface area contributed by atoms with Crippen LogP contribution < -0.4 is 0 Å². The number of carbonyl (C=O) groups excluding carboxylic acids is 1. The fourth-order valence-corrected chi connectivity index (χ4v) is 2.14. The van der Waals surface area contributed by atoms with E-state index in [1.165, 1.54) is 0 Å². The van der Waals surface area contributed by atoms with Gasteiger partial charge in [-0.25, -0.2) is 0 Å². The molecule has 0 aliphatic carbocycles. The van der Waals surface area contributed by atoms with Crippen molar-refractivity contribution in [1.82, 2.24) is 4.98 Å². The van der Waals surface area contributed by atoms with Crippen LogP contribution in [-0.2, 0) is 4.74 Å². The van der Waals surface area contributed by atoms with Gasteiger partial charge in [-0.2, -0.15) is 11.8 Å². The van der Waals surface area contributed by atoms with Crippen LogP contribution in [0.4, 0.5) is 0 Å². The molecule has 13 heavy (non-hydrogen) atoms. The number of thioether (sulfide) groups is 1. The van der Waals surface area contributed by atoms with Crippen molar-refractivity contribution < 1.29 is 9.53 Å². The molecule has 1 atom stereocenters. The zero-order valence-electron chi connectivity index (χ0n) is 7.16. The molecule has 0 aromatic carbocycles. The summed E-state index contributed by atoms with van der Waals surface area (Å²) >= 11 is 1.77. The highest BCUT2D eigenvalue weighted by Crippen LogP contribution is 2.15. The highest BCUT2D eigenvalue weighted by molar-refractivity contribution is 7.99. The van der Waals surface area contributed by atoms with Crippen molar-refractivity contribution >= 4 is 17.5 Å². The van der Waals surface area contributed by atoms with Gasteiger partial charge in [0.05, 0.1) is 12.3 Å². The van der Waals surface area contributed by atoms with Gasteiger partial charge in [0.15, 0.2) is 0 Å². The lowest BCUT2D eigenvalue weighted by molar-refractivity contribution is 0.0514. The van der Waals surface area contributed by atoms with Crippen molar-refractivity contribution in [2.24, 2.45) is 0 Å². The predicted octanol–water partition coefficient (Wildman–Crippen LogP) is 1.33. The van der Waals surface area contributed by atoms with E-state index in [2.05, 4.69) is 4.98 Å². The summed E-state index contributed by atoms with van der Waals surface area (Å²) in [4.78, 5) is 14.6. The summed E-state index contributed by atoms with van der Waals surface area (Å²) in [6.45, 7) is 0.682. The molecule has 3 nitrogen and oxygen atoms in total. The Morgan fingerprint density at radius 3 is 3.23 bits per heavy atom. The van der Waals surface area contributed by atoms with Crippen LogP contribution in [0.2, 0.25) is 0 Å². The summed E-state index contributed by atoms with van der Waals surface area (Å²) in [6, 6.07) is 3.61. The normalized spacial score (nSPS) is 22.9. The Bertz CT molecular complexity index is 278. The Hall–Kier alpha value is -0.740. The smallest absolute Gasteiger partial charge is 0.208 e. The number of Topliss-reactive ketones (excluding diaryl/α,β-unsaturated/α-hetero) is 1. The minimum atomic E-state index is -0.252. The third-order valence-corrected chi connectivity index (χ3v) is 2.97. The molecule has 0 bridgehead atoms. The number of hydrogen-bond acceptors (Lipinski definition) is 3. The van der Waals surface area contributed by atoms with Crippen molar-refractivity contribution in [1.29, 1.82) is 0 Å². The summed E-state index contributed by atoms with van der Waals surface area (Å²) in [5.74, 6) is 1.84. The Labute approximate surface area is 80.9 Å². The van der Waals surface area contributed by atoms with Crippen LogP contribution >= 0.6 is 11.8 Å². The van der Waals surface area contributed by atoms with Crippen LogP contribution in [0.5, 0.6) is 0 Å². The van der Waals surface area contributed by atoms with E-state index >= 15 is 0 Å². The number of carbonyl (C=O) groups is 1. The second-order valence-electron chi connectivity index (χ2n) is 2.88.